The van der Waals surface area contributed by atoms with Crippen LogP contribution in [0.3, 0.4) is 0 Å². The van der Waals surface area contributed by atoms with Gasteiger partial charge in [-0.3, -0.25) is 4.79 Å². The second-order valence-electron chi connectivity index (χ2n) is 6.33. The number of methoxy groups -OCH3 is 1. The van der Waals surface area contributed by atoms with E-state index in [4.69, 9.17) is 14.2 Å². The topological polar surface area (TPSA) is 94.6 Å². The fourth-order valence-corrected chi connectivity index (χ4v) is 4.59. The number of hydrogen-bond donors (Lipinski definition) is 2. The molecule has 0 saturated heterocycles. The molecule has 0 aliphatic carbocycles. The van der Waals surface area contributed by atoms with E-state index in [2.05, 4.69) is 20.8 Å². The molecule has 30 heavy (non-hydrogen) atoms. The first-order chi connectivity index (χ1) is 14.6. The van der Waals surface area contributed by atoms with Gasteiger partial charge < -0.3 is 24.8 Å². The van der Waals surface area contributed by atoms with Gasteiger partial charge in [0.15, 0.2) is 15.8 Å². The molecule has 0 saturated carbocycles. The predicted octanol–water partition coefficient (Wildman–Crippen LogP) is 4.18. The van der Waals surface area contributed by atoms with Crippen LogP contribution in [0.1, 0.15) is 6.92 Å². The van der Waals surface area contributed by atoms with Crippen LogP contribution in [0.4, 0.5) is 16.5 Å². The van der Waals surface area contributed by atoms with Crippen molar-refractivity contribution in [3.8, 4) is 17.2 Å². The van der Waals surface area contributed by atoms with Crippen LogP contribution in [0.5, 0.6) is 17.2 Å². The molecule has 3 aromatic rings. The molecule has 2 N–H and O–H groups in total. The average molecular weight is 445 g/mol. The number of nitrogens with one attached hydrogen (secondary N) is 2. The van der Waals surface area contributed by atoms with E-state index in [-0.39, 0.29) is 11.2 Å². The summed E-state index contributed by atoms with van der Waals surface area (Å²) in [5.41, 5.74) is 1.55. The second kappa shape index (κ2) is 9.23. The Bertz CT molecular complexity index is 1030. The first-order valence-electron chi connectivity index (χ1n) is 9.22. The van der Waals surface area contributed by atoms with E-state index < -0.39 is 0 Å². The van der Waals surface area contributed by atoms with Gasteiger partial charge in [-0.05, 0) is 43.3 Å². The normalized spacial score (nSPS) is 13.4. The molecule has 1 amide bonds. The third-order valence-electron chi connectivity index (χ3n) is 4.20. The minimum absolute atomic E-state index is 0.128. The number of hydrogen-bond acceptors (Lipinski definition) is 9. The first-order valence-corrected chi connectivity index (χ1v) is 10.9. The molecule has 156 valence electrons. The number of amides is 1. The van der Waals surface area contributed by atoms with Crippen molar-refractivity contribution in [2.24, 2.45) is 0 Å². The van der Waals surface area contributed by atoms with Gasteiger partial charge in [0.2, 0.25) is 11.0 Å². The Labute approximate surface area is 182 Å². The molecule has 0 unspecified atom stereocenters. The van der Waals surface area contributed by atoms with Gasteiger partial charge in [-0.15, -0.1) is 10.2 Å². The van der Waals surface area contributed by atoms with Crippen LogP contribution in [0.25, 0.3) is 0 Å². The van der Waals surface area contributed by atoms with Crippen LogP contribution in [-0.4, -0.2) is 41.7 Å². The molecular weight excluding hydrogens is 424 g/mol. The van der Waals surface area contributed by atoms with Crippen molar-refractivity contribution >= 4 is 45.5 Å². The van der Waals surface area contributed by atoms with Gasteiger partial charge in [0, 0.05) is 17.4 Å². The third-order valence-corrected chi connectivity index (χ3v) is 6.23. The molecule has 1 aromatic heterocycles. The number of fused-ring (bicyclic) bond motifs is 1. The smallest absolute Gasteiger partial charge is 0.237 e. The zero-order valence-corrected chi connectivity index (χ0v) is 18.0. The van der Waals surface area contributed by atoms with Crippen molar-refractivity contribution in [2.75, 3.05) is 31.0 Å². The lowest BCUT2D eigenvalue weighted by atomic mass is 10.2. The number of anilines is 3. The third kappa shape index (κ3) is 4.95. The van der Waals surface area contributed by atoms with E-state index in [9.17, 15) is 4.79 Å². The lowest BCUT2D eigenvalue weighted by Gasteiger charge is -2.19. The summed E-state index contributed by atoms with van der Waals surface area (Å²) in [6.45, 7) is 2.86. The molecule has 0 radical (unpaired) electrons. The quantitative estimate of drug-likeness (QED) is 0.524. The zero-order chi connectivity index (χ0) is 20.9. The van der Waals surface area contributed by atoms with Crippen LogP contribution < -0.4 is 24.8 Å². The number of thioether (sulfide) groups is 1. The molecule has 1 atom stereocenters. The highest BCUT2D eigenvalue weighted by Gasteiger charge is 2.19. The minimum Gasteiger partial charge on any atom is -0.497 e. The summed E-state index contributed by atoms with van der Waals surface area (Å²) in [4.78, 5) is 12.6. The van der Waals surface area contributed by atoms with Crippen molar-refractivity contribution in [3.63, 3.8) is 0 Å². The molecule has 10 heteroatoms. The van der Waals surface area contributed by atoms with Crippen LogP contribution in [-0.2, 0) is 4.79 Å². The maximum Gasteiger partial charge on any atom is 0.237 e. The second-order valence-corrected chi connectivity index (χ2v) is 8.90. The van der Waals surface area contributed by atoms with Crippen LogP contribution in [0.2, 0.25) is 0 Å². The first kappa shape index (κ1) is 20.3. The van der Waals surface area contributed by atoms with Gasteiger partial charge in [0.05, 0.1) is 12.4 Å². The summed E-state index contributed by atoms with van der Waals surface area (Å²) in [6.07, 6.45) is 0. The Kier molecular flexibility index (Phi) is 6.24. The van der Waals surface area contributed by atoms with Crippen molar-refractivity contribution in [1.29, 1.82) is 0 Å². The minimum atomic E-state index is -0.347. The summed E-state index contributed by atoms with van der Waals surface area (Å²) in [5.74, 6) is 1.98. The molecule has 2 heterocycles. The zero-order valence-electron chi connectivity index (χ0n) is 16.4. The maximum absolute atomic E-state index is 12.6. The Hall–Kier alpha value is -2.98. The lowest BCUT2D eigenvalue weighted by Crippen LogP contribution is -2.22. The highest BCUT2D eigenvalue weighted by atomic mass is 32.2. The monoisotopic (exact) mass is 444 g/mol. The lowest BCUT2D eigenvalue weighted by molar-refractivity contribution is -0.115. The fraction of sp³-hybridized carbons (Fsp3) is 0.250. The van der Waals surface area contributed by atoms with Gasteiger partial charge >= 0.3 is 0 Å². The summed E-state index contributed by atoms with van der Waals surface area (Å²) >= 11 is 2.74. The van der Waals surface area contributed by atoms with Gasteiger partial charge in [-0.25, -0.2) is 0 Å². The number of rotatable bonds is 7. The van der Waals surface area contributed by atoms with Crippen molar-refractivity contribution in [1.82, 2.24) is 10.2 Å². The van der Waals surface area contributed by atoms with Crippen molar-refractivity contribution < 1.29 is 19.0 Å². The van der Waals surface area contributed by atoms with Crippen LogP contribution >= 0.6 is 23.1 Å². The largest absolute Gasteiger partial charge is 0.497 e. The van der Waals surface area contributed by atoms with Gasteiger partial charge in [-0.1, -0.05) is 23.1 Å². The summed E-state index contributed by atoms with van der Waals surface area (Å²) in [7, 11) is 1.63. The molecular formula is C20H20N4O4S2. The molecule has 0 fully saturated rings. The molecule has 0 bridgehead atoms. The Morgan fingerprint density at radius 1 is 1.10 bits per heavy atom. The van der Waals surface area contributed by atoms with E-state index in [1.165, 1.54) is 23.1 Å². The van der Waals surface area contributed by atoms with Gasteiger partial charge in [0.1, 0.15) is 19.0 Å². The number of aromatic nitrogens is 2. The number of nitrogens with zero attached hydrogens (tertiary/aromatic N) is 2. The molecule has 1 aliphatic heterocycles. The Balaban J connectivity index is 1.33. The van der Waals surface area contributed by atoms with E-state index in [1.807, 2.05) is 31.2 Å². The SMILES string of the molecule is COc1ccc(Nc2nnc(S[C@@H](C)C(=O)Nc3ccc4c(c3)OCCO4)s2)cc1. The molecule has 0 spiro atoms. The van der Waals surface area contributed by atoms with Gasteiger partial charge in [-0.2, -0.15) is 0 Å². The van der Waals surface area contributed by atoms with E-state index in [0.29, 0.717) is 39.9 Å². The molecule has 1 aliphatic rings. The fourth-order valence-electron chi connectivity index (χ4n) is 2.68. The van der Waals surface area contributed by atoms with Crippen LogP contribution in [0, 0.1) is 0 Å². The predicted molar refractivity (Wildman–Crippen MR) is 118 cm³/mol. The number of carbonyl (C=O) groups excluding carboxylic acids is 1. The highest BCUT2D eigenvalue weighted by molar-refractivity contribution is 8.02. The van der Waals surface area contributed by atoms with E-state index in [0.717, 1.165) is 11.4 Å². The Morgan fingerprint density at radius 2 is 1.83 bits per heavy atom. The van der Waals surface area contributed by atoms with Gasteiger partial charge in [0.25, 0.3) is 0 Å². The summed E-state index contributed by atoms with van der Waals surface area (Å²) in [5, 5.41) is 14.7. The summed E-state index contributed by atoms with van der Waals surface area (Å²) in [6, 6.07) is 12.9. The van der Waals surface area contributed by atoms with E-state index >= 15 is 0 Å². The maximum atomic E-state index is 12.6. The average Bonchev–Trinajstić information content (AvgIpc) is 3.20. The standard InChI is InChI=1S/C20H20N4O4S2/c1-12(18(25)21-14-5-8-16-17(11-14)28-10-9-27-16)29-20-24-23-19(30-20)22-13-3-6-15(26-2)7-4-13/h3-8,11-12H,9-10H2,1-2H3,(H,21,25)(H,22,23)/t12-/m0/s1. The molecule has 4 rings (SSSR count). The molecule has 8 nitrogen and oxygen atoms in total. The van der Waals surface area contributed by atoms with E-state index in [1.54, 1.807) is 25.3 Å². The van der Waals surface area contributed by atoms with Crippen LogP contribution in [0.15, 0.2) is 46.8 Å². The molecule has 2 aromatic carbocycles. The Morgan fingerprint density at radius 3 is 2.60 bits per heavy atom. The number of carbonyl (C=O) groups is 1. The van der Waals surface area contributed by atoms with Crippen molar-refractivity contribution in [3.05, 3.63) is 42.5 Å². The summed E-state index contributed by atoms with van der Waals surface area (Å²) < 4.78 is 16.9. The number of ether oxygens (including phenoxy) is 3. The number of benzene rings is 2. The highest BCUT2D eigenvalue weighted by Crippen LogP contribution is 2.34. The van der Waals surface area contributed by atoms with Crippen molar-refractivity contribution in [2.45, 2.75) is 16.5 Å².